The van der Waals surface area contributed by atoms with Crippen LogP contribution in [-0.4, -0.2) is 41.2 Å². The molecule has 5 heterocycles. The van der Waals surface area contributed by atoms with E-state index in [2.05, 4.69) is 20.1 Å². The van der Waals surface area contributed by atoms with Gasteiger partial charge in [-0.25, -0.2) is 4.79 Å². The van der Waals surface area contributed by atoms with Gasteiger partial charge in [0.15, 0.2) is 0 Å². The summed E-state index contributed by atoms with van der Waals surface area (Å²) in [5.74, 6) is 1.27. The highest BCUT2D eigenvalue weighted by Gasteiger charge is 2.36. The van der Waals surface area contributed by atoms with Crippen molar-refractivity contribution in [2.24, 2.45) is 5.92 Å². The van der Waals surface area contributed by atoms with E-state index < -0.39 is 5.60 Å². The second kappa shape index (κ2) is 6.42. The van der Waals surface area contributed by atoms with Crippen LogP contribution in [0.1, 0.15) is 32.4 Å². The van der Waals surface area contributed by atoms with E-state index in [0.717, 1.165) is 43.9 Å². The van der Waals surface area contributed by atoms with Crippen LogP contribution in [0.3, 0.4) is 0 Å². The van der Waals surface area contributed by atoms with Crippen LogP contribution in [0.15, 0.2) is 30.5 Å². The highest BCUT2D eigenvalue weighted by molar-refractivity contribution is 6.34. The number of amides is 2. The van der Waals surface area contributed by atoms with Crippen molar-refractivity contribution in [1.29, 1.82) is 0 Å². The Kier molecular flexibility index (Phi) is 4.10. The van der Waals surface area contributed by atoms with Crippen molar-refractivity contribution in [3.05, 3.63) is 41.2 Å². The first kappa shape index (κ1) is 17.9. The van der Waals surface area contributed by atoms with Crippen molar-refractivity contribution in [3.8, 4) is 11.4 Å². The summed E-state index contributed by atoms with van der Waals surface area (Å²) in [6.45, 7) is 7.28. The number of urea groups is 1. The minimum absolute atomic E-state index is 0.193. The van der Waals surface area contributed by atoms with Crippen molar-refractivity contribution in [2.45, 2.75) is 38.3 Å². The van der Waals surface area contributed by atoms with Gasteiger partial charge >= 0.3 is 6.03 Å². The molecule has 2 amide bonds. The quantitative estimate of drug-likeness (QED) is 0.801. The number of anilines is 1. The molecule has 4 aliphatic rings. The Balaban J connectivity index is 1.43. The van der Waals surface area contributed by atoms with Crippen LogP contribution in [0.2, 0.25) is 5.02 Å². The van der Waals surface area contributed by atoms with Gasteiger partial charge in [0.2, 0.25) is 0 Å². The molecule has 2 aromatic rings. The van der Waals surface area contributed by atoms with E-state index in [1.165, 1.54) is 0 Å². The monoisotopic (exact) mass is 400 g/mol. The minimum Gasteiger partial charge on any atom is -0.479 e. The van der Waals surface area contributed by atoms with Crippen molar-refractivity contribution >= 4 is 23.3 Å². The molecular weight excluding hydrogens is 376 g/mol. The minimum atomic E-state index is -0.459. The first-order chi connectivity index (χ1) is 13.4. The van der Waals surface area contributed by atoms with E-state index in [1.54, 1.807) is 6.07 Å². The molecule has 0 aliphatic carbocycles. The molecule has 1 atom stereocenters. The van der Waals surface area contributed by atoms with Gasteiger partial charge in [-0.05, 0) is 70.0 Å². The second-order valence-corrected chi connectivity index (χ2v) is 8.90. The highest BCUT2D eigenvalue weighted by atomic mass is 35.5. The Bertz CT molecular complexity index is 930. The van der Waals surface area contributed by atoms with Gasteiger partial charge in [-0.2, -0.15) is 0 Å². The third-order valence-corrected chi connectivity index (χ3v) is 6.59. The van der Waals surface area contributed by atoms with Crippen molar-refractivity contribution in [2.75, 3.05) is 25.0 Å². The van der Waals surface area contributed by atoms with Crippen LogP contribution >= 0.6 is 11.6 Å². The third-order valence-electron chi connectivity index (χ3n) is 6.27. The zero-order valence-corrected chi connectivity index (χ0v) is 16.9. The second-order valence-electron chi connectivity index (χ2n) is 8.49. The fourth-order valence-electron chi connectivity index (χ4n) is 4.83. The average molecular weight is 401 g/mol. The molecular formula is C21H25ClN4O2. The molecule has 6 nitrogen and oxygen atoms in total. The number of aromatic nitrogens is 1. The van der Waals surface area contributed by atoms with Gasteiger partial charge in [0, 0.05) is 18.8 Å². The first-order valence-corrected chi connectivity index (χ1v) is 10.3. The fourth-order valence-corrected chi connectivity index (χ4v) is 5.03. The van der Waals surface area contributed by atoms with Gasteiger partial charge in [-0.1, -0.05) is 11.6 Å². The Hall–Kier alpha value is -2.18. The van der Waals surface area contributed by atoms with Gasteiger partial charge in [0.25, 0.3) is 0 Å². The summed E-state index contributed by atoms with van der Waals surface area (Å²) in [6.07, 6.45) is 4.29. The Morgan fingerprint density at radius 1 is 1.25 bits per heavy atom. The molecule has 7 heteroatoms. The first-order valence-electron chi connectivity index (χ1n) is 9.92. The number of carbonyl (C=O) groups excluding carboxylic acids is 1. The van der Waals surface area contributed by atoms with Gasteiger partial charge < -0.3 is 24.8 Å². The Morgan fingerprint density at radius 2 is 2.04 bits per heavy atom. The Labute approximate surface area is 169 Å². The summed E-state index contributed by atoms with van der Waals surface area (Å²) >= 11 is 6.50. The van der Waals surface area contributed by atoms with Crippen LogP contribution < -0.4 is 15.4 Å². The lowest BCUT2D eigenvalue weighted by Gasteiger charge is -2.44. The molecule has 2 bridgehead atoms. The van der Waals surface area contributed by atoms with Crippen LogP contribution in [0, 0.1) is 5.92 Å². The molecule has 1 unspecified atom stereocenters. The topological polar surface area (TPSA) is 58.5 Å². The summed E-state index contributed by atoms with van der Waals surface area (Å²) in [4.78, 5) is 15.2. The summed E-state index contributed by atoms with van der Waals surface area (Å²) in [5, 5.41) is 6.66. The maximum atomic E-state index is 12.8. The zero-order chi connectivity index (χ0) is 19.5. The molecule has 2 N–H and O–H groups in total. The lowest BCUT2D eigenvalue weighted by Crippen LogP contribution is -2.57. The standard InChI is InChI=1S/C21H25ClN4O2/c1-21(2)17-4-3-9-26(17)19-16(28-21)6-5-14(22)18(19)24-20(27)23-15-12-25-10-7-13(15)8-11-25/h3-6,9,13,15H,7-8,10-12H2,1-2H3,(H2,23,24,27). The lowest BCUT2D eigenvalue weighted by molar-refractivity contribution is 0.0776. The molecule has 1 aromatic heterocycles. The molecule has 3 saturated heterocycles. The number of rotatable bonds is 2. The zero-order valence-electron chi connectivity index (χ0n) is 16.2. The van der Waals surface area contributed by atoms with Crippen molar-refractivity contribution < 1.29 is 9.53 Å². The van der Waals surface area contributed by atoms with Gasteiger partial charge in [0.1, 0.15) is 17.0 Å². The predicted octanol–water partition coefficient (Wildman–Crippen LogP) is 3.97. The van der Waals surface area contributed by atoms with Gasteiger partial charge in [-0.15, -0.1) is 0 Å². The van der Waals surface area contributed by atoms with E-state index in [-0.39, 0.29) is 12.1 Å². The summed E-state index contributed by atoms with van der Waals surface area (Å²) in [5.41, 5.74) is 1.91. The summed E-state index contributed by atoms with van der Waals surface area (Å²) in [7, 11) is 0. The number of ether oxygens (including phenoxy) is 1. The number of hydrogen-bond acceptors (Lipinski definition) is 3. The SMILES string of the molecule is CC1(C)Oc2ccc(Cl)c(NC(=O)NC3CN4CCC3CC4)c2-n2cccc21. The average Bonchev–Trinajstić information content (AvgIpc) is 3.16. The highest BCUT2D eigenvalue weighted by Crippen LogP contribution is 2.45. The predicted molar refractivity (Wildman–Crippen MR) is 110 cm³/mol. The fraction of sp³-hybridized carbons (Fsp3) is 0.476. The van der Waals surface area contributed by atoms with E-state index in [9.17, 15) is 4.79 Å². The van der Waals surface area contributed by atoms with Gasteiger partial charge in [-0.3, -0.25) is 0 Å². The number of piperidine rings is 3. The molecule has 0 saturated carbocycles. The number of hydrogen-bond donors (Lipinski definition) is 2. The molecule has 0 radical (unpaired) electrons. The van der Waals surface area contributed by atoms with Gasteiger partial charge in [0.05, 0.1) is 16.4 Å². The largest absolute Gasteiger partial charge is 0.479 e. The van der Waals surface area contributed by atoms with E-state index in [1.807, 2.05) is 38.2 Å². The van der Waals surface area contributed by atoms with E-state index >= 15 is 0 Å². The number of halogens is 1. The molecule has 28 heavy (non-hydrogen) atoms. The lowest BCUT2D eigenvalue weighted by atomic mass is 9.84. The number of nitrogens with zero attached hydrogens (tertiary/aromatic N) is 2. The third kappa shape index (κ3) is 2.86. The molecule has 0 spiro atoms. The van der Waals surface area contributed by atoms with Crippen LogP contribution in [0.4, 0.5) is 10.5 Å². The van der Waals surface area contributed by atoms with Crippen LogP contribution in [0.5, 0.6) is 5.75 Å². The number of benzene rings is 1. The van der Waals surface area contributed by atoms with E-state index in [4.69, 9.17) is 16.3 Å². The number of nitrogens with one attached hydrogen (secondary N) is 2. The normalized spacial score (nSPS) is 26.8. The van der Waals surface area contributed by atoms with Crippen molar-refractivity contribution in [1.82, 2.24) is 14.8 Å². The number of carbonyl (C=O) groups is 1. The molecule has 4 aliphatic heterocycles. The number of fused-ring (bicyclic) bond motifs is 6. The van der Waals surface area contributed by atoms with Crippen LogP contribution in [0.25, 0.3) is 5.69 Å². The van der Waals surface area contributed by atoms with Crippen LogP contribution in [-0.2, 0) is 5.60 Å². The Morgan fingerprint density at radius 3 is 2.75 bits per heavy atom. The maximum Gasteiger partial charge on any atom is 0.319 e. The summed E-state index contributed by atoms with van der Waals surface area (Å²) in [6, 6.07) is 7.62. The molecule has 148 valence electrons. The smallest absolute Gasteiger partial charge is 0.319 e. The molecule has 1 aromatic carbocycles. The van der Waals surface area contributed by atoms with Crippen molar-refractivity contribution in [3.63, 3.8) is 0 Å². The molecule has 3 fully saturated rings. The van der Waals surface area contributed by atoms with E-state index in [0.29, 0.717) is 22.4 Å². The molecule has 6 rings (SSSR count). The maximum absolute atomic E-state index is 12.8. The summed E-state index contributed by atoms with van der Waals surface area (Å²) < 4.78 is 8.26.